The molecule has 0 aliphatic carbocycles. The average Bonchev–Trinajstić information content (AvgIpc) is 3.07. The van der Waals surface area contributed by atoms with Crippen LogP contribution >= 0.6 is 11.6 Å². The van der Waals surface area contributed by atoms with Crippen LogP contribution in [-0.4, -0.2) is 58.4 Å². The van der Waals surface area contributed by atoms with Gasteiger partial charge in [0.05, 0.1) is 18.6 Å². The van der Waals surface area contributed by atoms with E-state index < -0.39 is 46.1 Å². The Morgan fingerprint density at radius 2 is 1.38 bits per heavy atom. The Bertz CT molecular complexity index is 1020. The van der Waals surface area contributed by atoms with Gasteiger partial charge in [-0.1, -0.05) is 92.5 Å². The molecule has 9 heteroatoms. The molecule has 0 rings (SSSR count). The van der Waals surface area contributed by atoms with Crippen LogP contribution in [0.1, 0.15) is 115 Å². The fourth-order valence-corrected chi connectivity index (χ4v) is 12.7. The molecule has 0 unspecified atom stereocenters. The third-order valence-electron chi connectivity index (χ3n) is 10.8. The maximum Gasteiger partial charge on any atom is 0.309 e. The lowest BCUT2D eigenvalue weighted by atomic mass is 9.71. The van der Waals surface area contributed by atoms with Crippen molar-refractivity contribution in [1.82, 2.24) is 0 Å². The molecule has 0 spiro atoms. The number of halogens is 1. The Labute approximate surface area is 302 Å². The SMILES string of the molecule is C=CC/C(C)=C\C[C@H](OC(=O)C[C@H](O[Si](CC)(CC)CC)C(C)(C)C(=O)[C@H](CCCCCl)[C@@H](O[Si](CC)(CC)CC)[C@@H](C)C=C)C(C)=O. The van der Waals surface area contributed by atoms with Gasteiger partial charge in [0.2, 0.25) is 0 Å². The van der Waals surface area contributed by atoms with Crippen LogP contribution in [0.15, 0.2) is 37.0 Å². The zero-order valence-corrected chi connectivity index (χ0v) is 35.3. The fourth-order valence-electron chi connectivity index (χ4n) is 6.54. The minimum Gasteiger partial charge on any atom is -0.454 e. The molecule has 6 nitrogen and oxygen atoms in total. The first-order valence-electron chi connectivity index (χ1n) is 18.6. The van der Waals surface area contributed by atoms with Crippen LogP contribution in [0, 0.1) is 17.3 Å². The average molecular weight is 728 g/mol. The van der Waals surface area contributed by atoms with Gasteiger partial charge in [0.15, 0.2) is 28.5 Å². The van der Waals surface area contributed by atoms with Gasteiger partial charge in [-0.15, -0.1) is 24.8 Å². The van der Waals surface area contributed by atoms with E-state index in [2.05, 4.69) is 61.6 Å². The number of ether oxygens (including phenoxy) is 1. The van der Waals surface area contributed by atoms with Crippen LogP contribution in [-0.2, 0) is 28.0 Å². The lowest BCUT2D eigenvalue weighted by Gasteiger charge is -2.44. The summed E-state index contributed by atoms with van der Waals surface area (Å²) in [7, 11) is -4.39. The number of rotatable bonds is 28. The van der Waals surface area contributed by atoms with Crippen LogP contribution in [0.5, 0.6) is 0 Å². The van der Waals surface area contributed by atoms with Crippen molar-refractivity contribution in [2.24, 2.45) is 17.3 Å². The Morgan fingerprint density at radius 1 is 0.854 bits per heavy atom. The van der Waals surface area contributed by atoms with Crippen molar-refractivity contribution in [3.63, 3.8) is 0 Å². The Balaban J connectivity index is 6.96. The molecular formula is C39H71ClO6Si2. The van der Waals surface area contributed by atoms with Gasteiger partial charge in [0.1, 0.15) is 5.78 Å². The highest BCUT2D eigenvalue weighted by Crippen LogP contribution is 2.40. The van der Waals surface area contributed by atoms with Gasteiger partial charge < -0.3 is 13.6 Å². The molecule has 0 heterocycles. The number of carbonyl (C=O) groups excluding carboxylic acids is 3. The molecule has 5 atom stereocenters. The summed E-state index contributed by atoms with van der Waals surface area (Å²) in [6, 6.07) is 5.53. The van der Waals surface area contributed by atoms with Crippen molar-refractivity contribution < 1.29 is 28.0 Å². The molecule has 0 amide bonds. The molecule has 48 heavy (non-hydrogen) atoms. The zero-order valence-electron chi connectivity index (χ0n) is 32.6. The van der Waals surface area contributed by atoms with Gasteiger partial charge in [0, 0.05) is 23.6 Å². The molecule has 0 saturated heterocycles. The number of hydrogen-bond acceptors (Lipinski definition) is 6. The quantitative estimate of drug-likeness (QED) is 0.0262. The topological polar surface area (TPSA) is 78.9 Å². The summed E-state index contributed by atoms with van der Waals surface area (Å²) in [5.41, 5.74) is 0.0169. The zero-order chi connectivity index (χ0) is 37.1. The molecule has 0 aliphatic rings. The lowest BCUT2D eigenvalue weighted by Crippen LogP contribution is -2.53. The first-order valence-corrected chi connectivity index (χ1v) is 24.2. The van der Waals surface area contributed by atoms with Crippen LogP contribution < -0.4 is 0 Å². The number of allylic oxidation sites excluding steroid dienone is 2. The van der Waals surface area contributed by atoms with E-state index in [1.54, 1.807) is 6.08 Å². The summed E-state index contributed by atoms with van der Waals surface area (Å²) >= 11 is 6.12. The van der Waals surface area contributed by atoms with E-state index in [-0.39, 0.29) is 30.0 Å². The van der Waals surface area contributed by atoms with E-state index in [1.165, 1.54) is 6.92 Å². The molecule has 0 N–H and O–H groups in total. The first-order chi connectivity index (χ1) is 22.6. The van der Waals surface area contributed by atoms with Gasteiger partial charge in [-0.25, -0.2) is 0 Å². The van der Waals surface area contributed by atoms with E-state index in [4.69, 9.17) is 25.2 Å². The Morgan fingerprint density at radius 3 is 1.81 bits per heavy atom. The van der Waals surface area contributed by atoms with Gasteiger partial charge in [-0.05, 0) is 75.3 Å². The van der Waals surface area contributed by atoms with Crippen LogP contribution in [0.3, 0.4) is 0 Å². The monoisotopic (exact) mass is 726 g/mol. The highest BCUT2D eigenvalue weighted by Gasteiger charge is 2.49. The van der Waals surface area contributed by atoms with Gasteiger partial charge in [-0.3, -0.25) is 14.4 Å². The van der Waals surface area contributed by atoms with E-state index in [1.807, 2.05) is 32.9 Å². The molecule has 0 bridgehead atoms. The number of ketones is 2. The number of carbonyl (C=O) groups is 3. The fraction of sp³-hybridized carbons (Fsp3) is 0.769. The molecule has 0 aromatic rings. The molecule has 0 aliphatic heterocycles. The lowest BCUT2D eigenvalue weighted by molar-refractivity contribution is -0.158. The summed E-state index contributed by atoms with van der Waals surface area (Å²) in [5.74, 6) is -0.639. The molecule has 0 fully saturated rings. The van der Waals surface area contributed by atoms with E-state index in [0.29, 0.717) is 25.1 Å². The van der Waals surface area contributed by atoms with Crippen LogP contribution in [0.4, 0.5) is 0 Å². The molecular weight excluding hydrogens is 656 g/mol. The predicted octanol–water partition coefficient (Wildman–Crippen LogP) is 11.0. The molecule has 278 valence electrons. The van der Waals surface area contributed by atoms with Crippen molar-refractivity contribution >= 4 is 45.8 Å². The normalized spacial score (nSPS) is 16.0. The Kier molecular flexibility index (Phi) is 22.6. The number of alkyl halides is 1. The largest absolute Gasteiger partial charge is 0.454 e. The summed E-state index contributed by atoms with van der Waals surface area (Å²) in [5, 5.41) is 0. The minimum absolute atomic E-state index is 0.0390. The van der Waals surface area contributed by atoms with Crippen LogP contribution in [0.25, 0.3) is 0 Å². The van der Waals surface area contributed by atoms with Crippen molar-refractivity contribution in [3.8, 4) is 0 Å². The van der Waals surface area contributed by atoms with E-state index >= 15 is 4.79 Å². The first kappa shape index (κ1) is 46.7. The van der Waals surface area contributed by atoms with Crippen molar-refractivity contribution in [3.05, 3.63) is 37.0 Å². The second-order valence-corrected chi connectivity index (χ2v) is 24.0. The van der Waals surface area contributed by atoms with Gasteiger partial charge >= 0.3 is 5.97 Å². The molecule has 0 aromatic carbocycles. The van der Waals surface area contributed by atoms with Gasteiger partial charge in [0.25, 0.3) is 0 Å². The summed E-state index contributed by atoms with van der Waals surface area (Å²) < 4.78 is 20.0. The smallest absolute Gasteiger partial charge is 0.309 e. The van der Waals surface area contributed by atoms with Crippen LogP contribution in [0.2, 0.25) is 36.3 Å². The summed E-state index contributed by atoms with van der Waals surface area (Å²) in [4.78, 5) is 41.3. The maximum atomic E-state index is 15.1. The highest BCUT2D eigenvalue weighted by atomic mass is 35.5. The van der Waals surface area contributed by atoms with Crippen molar-refractivity contribution in [2.75, 3.05) is 5.88 Å². The molecule has 0 aromatic heterocycles. The van der Waals surface area contributed by atoms with Crippen molar-refractivity contribution in [1.29, 1.82) is 0 Å². The van der Waals surface area contributed by atoms with Gasteiger partial charge in [-0.2, -0.15) is 0 Å². The summed E-state index contributed by atoms with van der Waals surface area (Å²) in [6.45, 7) is 30.3. The third-order valence-corrected chi connectivity index (χ3v) is 20.4. The summed E-state index contributed by atoms with van der Waals surface area (Å²) in [6.07, 6.45) is 6.80. The molecule has 0 radical (unpaired) electrons. The standard InChI is InChI=1S/C39H71ClO6Si2/c1-14-24-30(9)26-27-34(32(11)41)44-36(42)29-35(45-47(16-3,17-4)18-5)39(12,13)38(43)33(25-22-23-28-40)37(31(10)15-2)46-48(19-6,20-7)21-8/h14-15,26,31,33-35,37H,1-2,16-25,27-29H2,3-13H3/b30-26-/t31-,33+,34-,35-,37-/m0/s1. The predicted molar refractivity (Wildman–Crippen MR) is 209 cm³/mol. The highest BCUT2D eigenvalue weighted by molar-refractivity contribution is 6.74. The number of Topliss-reactive ketones (excluding diaryl/α,β-unsaturated/α-hetero) is 2. The Hall–Kier alpha value is -1.33. The third kappa shape index (κ3) is 14.1. The van der Waals surface area contributed by atoms with Crippen molar-refractivity contribution in [2.45, 2.75) is 169 Å². The second-order valence-electron chi connectivity index (χ2n) is 14.2. The number of hydrogen-bond donors (Lipinski definition) is 0. The number of esters is 1. The number of unbranched alkanes of at least 4 members (excludes halogenated alkanes) is 1. The van der Waals surface area contributed by atoms with E-state index in [9.17, 15) is 9.59 Å². The second kappa shape index (κ2) is 23.2. The maximum absolute atomic E-state index is 15.1. The molecule has 0 saturated carbocycles. The van der Waals surface area contributed by atoms with E-state index in [0.717, 1.165) is 54.7 Å². The minimum atomic E-state index is -2.29.